The second-order valence-corrected chi connectivity index (χ2v) is 3.52. The predicted octanol–water partition coefficient (Wildman–Crippen LogP) is -1.68. The number of hydroxylamine groups is 2. The molecule has 0 N–H and O–H groups in total. The minimum atomic E-state index is -1.39. The van der Waals surface area contributed by atoms with E-state index in [0.717, 1.165) is 0 Å². The summed E-state index contributed by atoms with van der Waals surface area (Å²) in [6.07, 6.45) is 0. The molecule has 0 heterocycles. The van der Waals surface area contributed by atoms with E-state index in [-0.39, 0.29) is 31.0 Å². The van der Waals surface area contributed by atoms with Crippen LogP contribution in [-0.4, -0.2) is 23.4 Å². The summed E-state index contributed by atoms with van der Waals surface area (Å²) in [6, 6.07) is 9.05. The summed E-state index contributed by atoms with van der Waals surface area (Å²) in [5, 5.41) is 1.42. The van der Waals surface area contributed by atoms with Crippen molar-refractivity contribution in [1.29, 1.82) is 0 Å². The van der Waals surface area contributed by atoms with Gasteiger partial charge in [-0.1, -0.05) is 18.2 Å². The molecular weight excluding hydrogens is 197 g/mol. The van der Waals surface area contributed by atoms with Crippen LogP contribution >= 0.6 is 0 Å². The Balaban J connectivity index is 0. The van der Waals surface area contributed by atoms with Gasteiger partial charge in [0.25, 0.3) is 0 Å². The molecule has 0 aromatic heterocycles. The molecule has 5 heteroatoms. The van der Waals surface area contributed by atoms with E-state index in [9.17, 15) is 4.21 Å². The van der Waals surface area contributed by atoms with Crippen molar-refractivity contribution in [3.63, 3.8) is 0 Å². The van der Waals surface area contributed by atoms with Crippen LogP contribution in [0.1, 0.15) is 1.43 Å². The van der Waals surface area contributed by atoms with E-state index in [2.05, 4.69) is 0 Å². The van der Waals surface area contributed by atoms with Crippen LogP contribution in [0.25, 0.3) is 0 Å². The van der Waals surface area contributed by atoms with Crippen molar-refractivity contribution < 1.29 is 39.5 Å². The summed E-state index contributed by atoms with van der Waals surface area (Å²) in [4.78, 5) is 0.672. The summed E-state index contributed by atoms with van der Waals surface area (Å²) in [5.74, 6) is 0. The van der Waals surface area contributed by atoms with Crippen LogP contribution < -0.4 is 29.6 Å². The molecule has 1 atom stereocenters. The van der Waals surface area contributed by atoms with Gasteiger partial charge in [-0.2, -0.15) is 9.35 Å². The minimum absolute atomic E-state index is 0. The fourth-order valence-electron chi connectivity index (χ4n) is 0.710. The minimum Gasteiger partial charge on any atom is -1.00 e. The molecule has 0 bridgehead atoms. The summed E-state index contributed by atoms with van der Waals surface area (Å²) in [5.41, 5.74) is 0. The van der Waals surface area contributed by atoms with Crippen molar-refractivity contribution in [3.8, 4) is 0 Å². The van der Waals surface area contributed by atoms with Crippen molar-refractivity contribution in [3.05, 3.63) is 30.3 Å². The van der Waals surface area contributed by atoms with E-state index in [0.29, 0.717) is 4.90 Å². The molecule has 1 unspecified atom stereocenters. The van der Waals surface area contributed by atoms with Crippen molar-refractivity contribution in [2.24, 2.45) is 0 Å². The van der Waals surface area contributed by atoms with Crippen LogP contribution in [0.5, 0.6) is 0 Å². The third-order valence-electron chi connectivity index (χ3n) is 1.15. The van der Waals surface area contributed by atoms with Gasteiger partial charge in [0.2, 0.25) is 11.1 Å². The fraction of sp³-hybridized carbons (Fsp3) is 0.250. The van der Waals surface area contributed by atoms with Crippen LogP contribution in [0.3, 0.4) is 0 Å². The molecule has 68 valence electrons. The number of rotatable bonds is 3. The molecule has 0 spiro atoms. The topological polar surface area (TPSA) is 29.5 Å². The Morgan fingerprint density at radius 1 is 1.31 bits per heavy atom. The second kappa shape index (κ2) is 6.70. The van der Waals surface area contributed by atoms with Crippen molar-refractivity contribution >= 4 is 11.1 Å². The Bertz CT molecular complexity index is 271. The number of hydrogen-bond acceptors (Lipinski definition) is 3. The summed E-state index contributed by atoms with van der Waals surface area (Å²) in [7, 11) is 3.39. The van der Waals surface area contributed by atoms with Crippen LogP contribution in [0.15, 0.2) is 35.2 Å². The quantitative estimate of drug-likeness (QED) is 0.440. The molecule has 0 saturated carbocycles. The van der Waals surface area contributed by atoms with Gasteiger partial charge in [-0.15, -0.1) is 0 Å². The zero-order valence-corrected chi connectivity index (χ0v) is 10.9. The maximum atomic E-state index is 11.3. The first-order chi connectivity index (χ1) is 5.70. The van der Waals surface area contributed by atoms with Crippen molar-refractivity contribution in [2.45, 2.75) is 4.90 Å². The Morgan fingerprint density at radius 2 is 1.85 bits per heavy atom. The van der Waals surface area contributed by atoms with Crippen LogP contribution in [0, 0.1) is 0 Å². The van der Waals surface area contributed by atoms with E-state index < -0.39 is 11.1 Å². The van der Waals surface area contributed by atoms with Gasteiger partial charge >= 0.3 is 29.6 Å². The van der Waals surface area contributed by atoms with Crippen LogP contribution in [0.4, 0.5) is 0 Å². The zero-order chi connectivity index (χ0) is 8.97. The van der Waals surface area contributed by atoms with E-state index >= 15 is 0 Å². The smallest absolute Gasteiger partial charge is 1.00 e. The van der Waals surface area contributed by atoms with E-state index in [1.54, 1.807) is 26.2 Å². The van der Waals surface area contributed by atoms with Gasteiger partial charge in [0.15, 0.2) is 0 Å². The van der Waals surface area contributed by atoms with Crippen LogP contribution in [-0.2, 0) is 15.4 Å². The van der Waals surface area contributed by atoms with Crippen molar-refractivity contribution in [2.75, 3.05) is 14.1 Å². The second-order valence-electron chi connectivity index (χ2n) is 2.43. The summed E-state index contributed by atoms with van der Waals surface area (Å²) in [6.45, 7) is 0. The van der Waals surface area contributed by atoms with E-state index in [1.807, 2.05) is 18.2 Å². The molecule has 0 fully saturated rings. The Labute approximate surface area is 104 Å². The molecule has 0 aliphatic heterocycles. The molecule has 3 nitrogen and oxygen atoms in total. The SMILES string of the molecule is CN(C)OS(=O)c1ccccc1.[H-].[Na+]. The molecule has 0 amide bonds. The molecule has 13 heavy (non-hydrogen) atoms. The maximum Gasteiger partial charge on any atom is 1.00 e. The summed E-state index contributed by atoms with van der Waals surface area (Å²) >= 11 is -1.39. The van der Waals surface area contributed by atoms with E-state index in [4.69, 9.17) is 4.28 Å². The number of nitrogens with zero attached hydrogens (tertiary/aromatic N) is 1. The molecule has 1 rings (SSSR count). The standard InChI is InChI=1S/C8H11NO2S.Na.H/c1-9(2)11-12(10)8-6-4-3-5-7-8;;/h3-7H,1-2H3;;/q;+1;-1. The van der Waals surface area contributed by atoms with Crippen LogP contribution in [0.2, 0.25) is 0 Å². The van der Waals surface area contributed by atoms with Gasteiger partial charge in [-0.05, 0) is 12.1 Å². The van der Waals surface area contributed by atoms with Gasteiger partial charge < -0.3 is 1.43 Å². The largest absolute Gasteiger partial charge is 1.00 e. The maximum absolute atomic E-state index is 11.3. The Morgan fingerprint density at radius 3 is 2.31 bits per heavy atom. The van der Waals surface area contributed by atoms with Gasteiger partial charge in [-0.25, -0.2) is 4.21 Å². The van der Waals surface area contributed by atoms with Gasteiger partial charge in [0.1, 0.15) is 0 Å². The Hall–Kier alpha value is 0.290. The Kier molecular flexibility index (Phi) is 6.85. The predicted molar refractivity (Wildman–Crippen MR) is 48.7 cm³/mol. The number of benzene rings is 1. The first-order valence-corrected chi connectivity index (χ1v) is 4.60. The monoisotopic (exact) mass is 209 g/mol. The zero-order valence-electron chi connectivity index (χ0n) is 9.06. The molecule has 0 aliphatic carbocycles. The average molecular weight is 209 g/mol. The summed E-state index contributed by atoms with van der Waals surface area (Å²) < 4.78 is 16.2. The van der Waals surface area contributed by atoms with E-state index in [1.165, 1.54) is 5.06 Å². The molecule has 0 aliphatic rings. The molecule has 0 saturated heterocycles. The first-order valence-electron chi connectivity index (χ1n) is 3.53. The van der Waals surface area contributed by atoms with Crippen molar-refractivity contribution in [1.82, 2.24) is 5.06 Å². The normalized spacial score (nSPS) is 12.2. The average Bonchev–Trinajstić information content (AvgIpc) is 2.05. The number of hydrogen-bond donors (Lipinski definition) is 0. The van der Waals surface area contributed by atoms with Gasteiger partial charge in [0, 0.05) is 14.1 Å². The first kappa shape index (κ1) is 13.3. The molecular formula is C8H12NNaO2S. The molecule has 1 aromatic carbocycles. The third-order valence-corrected chi connectivity index (χ3v) is 2.24. The van der Waals surface area contributed by atoms with Gasteiger partial charge in [-0.3, -0.25) is 0 Å². The molecule has 1 aromatic rings. The molecule has 0 radical (unpaired) electrons. The fourth-order valence-corrected chi connectivity index (χ4v) is 1.45. The van der Waals surface area contributed by atoms with Gasteiger partial charge in [0.05, 0.1) is 4.90 Å². The third kappa shape index (κ3) is 4.90.